The molecule has 24 N–H and O–H groups in total. The molecule has 0 aromatic heterocycles. The molecule has 0 bridgehead atoms. The molecule has 0 saturated carbocycles. The van der Waals surface area contributed by atoms with E-state index in [1.54, 1.807) is 58.0 Å². The molecule has 17 amide bonds. The van der Waals surface area contributed by atoms with Gasteiger partial charge in [-0.25, -0.2) is 0 Å². The quantitative estimate of drug-likeness (QED) is 0.0131. The molecule has 2 rings (SSSR count). The van der Waals surface area contributed by atoms with Crippen LogP contribution in [0.25, 0.3) is 10.4 Å². The van der Waals surface area contributed by atoms with Crippen molar-refractivity contribution in [2.45, 2.75) is 217 Å². The Kier molecular flexibility index (Phi) is 46.9. The molecular weight excluding hydrogens is 1490 g/mol. The smallest absolute Gasteiger partial charge is 0.303 e. The van der Waals surface area contributed by atoms with Crippen molar-refractivity contribution in [3.8, 4) is 5.75 Å². The van der Waals surface area contributed by atoms with Crippen LogP contribution in [0, 0.1) is 11.8 Å². The lowest BCUT2D eigenvalue weighted by Crippen LogP contribution is -2.61. The monoisotopic (exact) mass is 1600 g/mol. The van der Waals surface area contributed by atoms with E-state index in [-0.39, 0.29) is 56.7 Å². The zero-order chi connectivity index (χ0) is 85.2. The average Bonchev–Trinajstić information content (AvgIpc) is 0.848. The fourth-order valence-corrected chi connectivity index (χ4v) is 11.0. The second-order valence-electron chi connectivity index (χ2n) is 27.7. The highest BCUT2D eigenvalue weighted by Gasteiger charge is 2.37. The zero-order valence-electron chi connectivity index (χ0n) is 65.0. The zero-order valence-corrected chi connectivity index (χ0v) is 65.0. The number of unbranched alkanes of at least 4 members (excludes halogenated alkanes) is 5. The Morgan fingerprint density at radius 3 is 1.43 bits per heavy atom. The van der Waals surface area contributed by atoms with Gasteiger partial charge >= 0.3 is 5.97 Å². The van der Waals surface area contributed by atoms with Gasteiger partial charge in [0, 0.05) is 56.5 Å². The van der Waals surface area contributed by atoms with Gasteiger partial charge in [-0.3, -0.25) is 86.3 Å². The van der Waals surface area contributed by atoms with E-state index in [1.165, 1.54) is 31.2 Å². The van der Waals surface area contributed by atoms with E-state index in [0.717, 1.165) is 19.3 Å². The highest BCUT2D eigenvalue weighted by molar-refractivity contribution is 6.00. The molecule has 0 fully saturated rings. The van der Waals surface area contributed by atoms with Crippen molar-refractivity contribution in [1.29, 1.82) is 0 Å². The Labute approximate surface area is 659 Å². The first-order chi connectivity index (χ1) is 54.0. The molecule has 0 saturated heterocycles. The number of carboxylic acid groups (broad SMARTS) is 1. The number of aliphatic carboxylic acids is 1. The minimum atomic E-state index is -1.93. The molecule has 114 heavy (non-hydrogen) atoms. The van der Waals surface area contributed by atoms with Crippen molar-refractivity contribution in [2.75, 3.05) is 45.8 Å². The van der Waals surface area contributed by atoms with E-state index >= 15 is 0 Å². The third-order valence-electron chi connectivity index (χ3n) is 17.2. The molecular formula is C73H113N21O20. The van der Waals surface area contributed by atoms with Gasteiger partial charge in [-0.05, 0) is 111 Å². The SMILES string of the molecule is CC[C@H](NC(=O)CNC(=O)CNC(=O)CCCCCNC(=O)CCCCCN)C(=O)N[C@@H](CCC(=O)O)C(=O)N[C@@H](CC(N)=O)C(=O)N[C@@H](CC(C)C)C(=O)N[C@@H](Cc1ccc(O)cc1)C(=O)N[C@@H](Cc1ccccc1)C(=O)N[C@@H](CCC(N)=O)C(=O)NCC(=O)NCC(=O)NC(C(=O)N[C@H](CCCCN=[N+]=[N-])C(N)=O)C(C)C. The molecule has 0 aliphatic rings. The maximum atomic E-state index is 14.8. The first kappa shape index (κ1) is 98.0. The lowest BCUT2D eigenvalue weighted by molar-refractivity contribution is -0.139. The number of carboxylic acids is 1. The van der Waals surface area contributed by atoms with Crippen LogP contribution in [0.3, 0.4) is 0 Å². The number of carbonyl (C=O) groups excluding carboxylic acids is 17. The molecule has 0 spiro atoms. The highest BCUT2D eigenvalue weighted by Crippen LogP contribution is 2.16. The van der Waals surface area contributed by atoms with Crippen LogP contribution in [0.15, 0.2) is 59.7 Å². The molecule has 41 heteroatoms. The van der Waals surface area contributed by atoms with Gasteiger partial charge in [0.1, 0.15) is 60.1 Å². The lowest BCUT2D eigenvalue weighted by Gasteiger charge is -2.28. The summed E-state index contributed by atoms with van der Waals surface area (Å²) in [4.78, 5) is 241. The summed E-state index contributed by atoms with van der Waals surface area (Å²) in [6.07, 6.45) is 1.35. The molecule has 2 aromatic rings. The van der Waals surface area contributed by atoms with Gasteiger partial charge in [0.25, 0.3) is 0 Å². The fraction of sp³-hybridized carbons (Fsp3) is 0.589. The Hall–Kier alpha value is -12.0. The maximum Gasteiger partial charge on any atom is 0.303 e. The van der Waals surface area contributed by atoms with Gasteiger partial charge in [0.15, 0.2) is 0 Å². The molecule has 9 atom stereocenters. The molecule has 0 heterocycles. The number of aromatic hydroxyl groups is 1. The molecule has 630 valence electrons. The predicted molar refractivity (Wildman–Crippen MR) is 411 cm³/mol. The number of hydrogen-bond acceptors (Lipinski definition) is 21. The first-order valence-electron chi connectivity index (χ1n) is 37.7. The third kappa shape index (κ3) is 42.4. The van der Waals surface area contributed by atoms with Gasteiger partial charge in [0.05, 0.1) is 32.6 Å². The summed E-state index contributed by atoms with van der Waals surface area (Å²) >= 11 is 0. The van der Waals surface area contributed by atoms with Gasteiger partial charge in [0.2, 0.25) is 100 Å². The summed E-state index contributed by atoms with van der Waals surface area (Å²) in [5.41, 5.74) is 31.3. The van der Waals surface area contributed by atoms with Crippen LogP contribution in [-0.4, -0.2) is 217 Å². The molecule has 0 radical (unpaired) electrons. The van der Waals surface area contributed by atoms with Crippen LogP contribution in [0.4, 0.5) is 0 Å². The first-order valence-corrected chi connectivity index (χ1v) is 37.7. The van der Waals surface area contributed by atoms with E-state index in [9.17, 15) is 96.5 Å². The summed E-state index contributed by atoms with van der Waals surface area (Å²) in [7, 11) is 0. The van der Waals surface area contributed by atoms with Crippen molar-refractivity contribution in [3.05, 3.63) is 76.2 Å². The highest BCUT2D eigenvalue weighted by atomic mass is 16.4. The summed E-state index contributed by atoms with van der Waals surface area (Å²) < 4.78 is 0. The van der Waals surface area contributed by atoms with E-state index in [1.807, 2.05) is 0 Å². The number of amides is 17. The van der Waals surface area contributed by atoms with Crippen LogP contribution in [0.2, 0.25) is 0 Å². The van der Waals surface area contributed by atoms with Crippen LogP contribution in [0.5, 0.6) is 5.75 Å². The molecule has 41 nitrogen and oxygen atoms in total. The third-order valence-corrected chi connectivity index (χ3v) is 17.2. The van der Waals surface area contributed by atoms with Crippen molar-refractivity contribution >= 4 is 106 Å². The lowest BCUT2D eigenvalue weighted by atomic mass is 9.99. The van der Waals surface area contributed by atoms with Gasteiger partial charge in [-0.15, -0.1) is 0 Å². The van der Waals surface area contributed by atoms with Gasteiger partial charge in [-0.1, -0.05) is 101 Å². The number of azide groups is 1. The van der Waals surface area contributed by atoms with E-state index in [2.05, 4.69) is 84.5 Å². The average molecular weight is 1600 g/mol. The number of nitrogens with two attached hydrogens (primary N) is 4. The Balaban J connectivity index is 2.34. The predicted octanol–water partition coefficient (Wildman–Crippen LogP) is -3.72. The van der Waals surface area contributed by atoms with Crippen molar-refractivity contribution in [3.63, 3.8) is 0 Å². The summed E-state index contributed by atoms with van der Waals surface area (Å²) in [5, 5.41) is 57.5. The van der Waals surface area contributed by atoms with Crippen molar-refractivity contribution in [2.24, 2.45) is 39.9 Å². The van der Waals surface area contributed by atoms with Crippen molar-refractivity contribution in [1.82, 2.24) is 74.4 Å². The van der Waals surface area contributed by atoms with Gasteiger partial charge in [-0.2, -0.15) is 0 Å². The van der Waals surface area contributed by atoms with Gasteiger partial charge < -0.3 is 108 Å². The molecule has 0 aliphatic heterocycles. The number of phenolic OH excluding ortho intramolecular Hbond substituents is 1. The largest absolute Gasteiger partial charge is 0.508 e. The molecule has 2 aromatic carbocycles. The minimum absolute atomic E-state index is 0.0627. The number of carbonyl (C=O) groups is 18. The Morgan fingerprint density at radius 2 is 0.895 bits per heavy atom. The topological polar surface area (TPSA) is 669 Å². The standard InChI is InChI=1S/C73H113N21O20/c1-6-47(85-61(102)40-81-59(100)38-80-58(99)22-13-9-16-32-79-57(98)21-12-8-15-31-74)67(108)88-50(28-30-63(104)105)68(109)92-54(37-56(76)97)72(113)89-51(34-42(2)3)69(110)90-53(36-45-23-25-46(95)26-24-45)71(112)91-52(35-44-18-10-7-11-19-44)70(111)87-49(27-29-55(75)96)66(107)83-39-60(101)82-41-62(103)93-64(43(4)5)73(114)86-48(65(77)106)20-14-17-33-84-94-78/h7,10-11,18-19,23-26,42-43,47-54,64,95H,6,8-9,12-17,20-22,27-41,74H2,1-5H3,(H2,75,96)(H2,76,97)(H2,77,106)(H,79,98)(H,80,99)(H,81,100)(H,82,101)(H,83,107)(H,85,102)(H,86,114)(H,87,111)(H,88,108)(H,89,113)(H,90,110)(H,91,112)(H,92,109)(H,93,103)(H,104,105)/t47-,48+,49-,50-,51-,52-,53-,54-,64?/m0/s1. The number of nitrogens with one attached hydrogen (secondary N) is 14. The van der Waals surface area contributed by atoms with Crippen LogP contribution in [-0.2, 0) is 99.1 Å². The normalized spacial score (nSPS) is 13.2. The Bertz CT molecular complexity index is 3620. The van der Waals surface area contributed by atoms with Crippen LogP contribution in [0.1, 0.15) is 161 Å². The van der Waals surface area contributed by atoms with E-state index in [4.69, 9.17) is 28.5 Å². The second-order valence-corrected chi connectivity index (χ2v) is 27.7. The van der Waals surface area contributed by atoms with Crippen LogP contribution >= 0.6 is 0 Å². The summed E-state index contributed by atoms with van der Waals surface area (Å²) in [6, 6.07) is -0.468. The number of rotatable bonds is 58. The fourth-order valence-electron chi connectivity index (χ4n) is 11.0. The molecule has 0 aliphatic carbocycles. The Morgan fingerprint density at radius 1 is 0.430 bits per heavy atom. The number of nitrogens with zero attached hydrogens (tertiary/aromatic N) is 3. The number of phenols is 1. The van der Waals surface area contributed by atoms with Crippen LogP contribution < -0.4 is 97.4 Å². The number of hydrogen-bond donors (Lipinski definition) is 20. The summed E-state index contributed by atoms with van der Waals surface area (Å²) in [6.45, 7) is 6.47. The van der Waals surface area contributed by atoms with Crippen molar-refractivity contribution < 1.29 is 96.5 Å². The van der Waals surface area contributed by atoms with E-state index in [0.29, 0.717) is 62.7 Å². The summed E-state index contributed by atoms with van der Waals surface area (Å²) in [5.74, 6) is -17.8. The molecule has 1 unspecified atom stereocenters. The van der Waals surface area contributed by atoms with E-state index < -0.39 is 225 Å². The number of benzene rings is 2. The maximum absolute atomic E-state index is 14.8. The minimum Gasteiger partial charge on any atom is -0.508 e. The second kappa shape index (κ2) is 54.6. The number of primary amides is 3.